The molecule has 1 heterocycles. The van der Waals surface area contributed by atoms with E-state index in [2.05, 4.69) is 5.32 Å². The summed E-state index contributed by atoms with van der Waals surface area (Å²) < 4.78 is 15.8. The molecule has 0 aliphatic carbocycles. The van der Waals surface area contributed by atoms with Crippen molar-refractivity contribution in [3.05, 3.63) is 35.0 Å². The highest BCUT2D eigenvalue weighted by Crippen LogP contribution is 2.39. The molecule has 124 valence electrons. The SMILES string of the molecule is CCOC(=O)C1=C(C)NC(=O)CC1c1cc(OC)ccc1OC. The summed E-state index contributed by atoms with van der Waals surface area (Å²) in [6.07, 6.45) is 0.148. The topological polar surface area (TPSA) is 73.9 Å². The number of rotatable bonds is 5. The van der Waals surface area contributed by atoms with Crippen LogP contribution in [0.25, 0.3) is 0 Å². The number of amides is 1. The second-order valence-electron chi connectivity index (χ2n) is 5.17. The van der Waals surface area contributed by atoms with Crippen LogP contribution in [0.3, 0.4) is 0 Å². The van der Waals surface area contributed by atoms with E-state index in [1.807, 2.05) is 0 Å². The number of carbonyl (C=O) groups excluding carboxylic acids is 2. The summed E-state index contributed by atoms with van der Waals surface area (Å²) in [5.41, 5.74) is 1.68. The lowest BCUT2D eigenvalue weighted by molar-refractivity contribution is -0.139. The van der Waals surface area contributed by atoms with Gasteiger partial charge in [0.15, 0.2) is 0 Å². The molecule has 1 atom stereocenters. The first kappa shape index (κ1) is 16.9. The highest BCUT2D eigenvalue weighted by atomic mass is 16.5. The maximum atomic E-state index is 12.3. The van der Waals surface area contributed by atoms with Gasteiger partial charge < -0.3 is 19.5 Å². The largest absolute Gasteiger partial charge is 0.497 e. The normalized spacial score (nSPS) is 17.6. The van der Waals surface area contributed by atoms with Crippen molar-refractivity contribution >= 4 is 11.9 Å². The van der Waals surface area contributed by atoms with Gasteiger partial charge in [-0.25, -0.2) is 4.79 Å². The zero-order chi connectivity index (χ0) is 17.0. The van der Waals surface area contributed by atoms with Crippen LogP contribution in [0.15, 0.2) is 29.5 Å². The summed E-state index contributed by atoms with van der Waals surface area (Å²) in [5.74, 6) is 0.214. The van der Waals surface area contributed by atoms with Crippen LogP contribution in [0.1, 0.15) is 31.7 Å². The molecule has 1 N–H and O–H groups in total. The van der Waals surface area contributed by atoms with Crippen LogP contribution in [0.4, 0.5) is 0 Å². The molecule has 0 saturated heterocycles. The molecular formula is C17H21NO5. The molecule has 0 spiro atoms. The number of benzene rings is 1. The molecule has 1 aromatic rings. The lowest BCUT2D eigenvalue weighted by Gasteiger charge is -2.27. The molecule has 1 aliphatic heterocycles. The van der Waals surface area contributed by atoms with Crippen molar-refractivity contribution in [1.82, 2.24) is 5.32 Å². The van der Waals surface area contributed by atoms with E-state index < -0.39 is 11.9 Å². The predicted octanol–water partition coefficient (Wildman–Crippen LogP) is 2.14. The molecule has 23 heavy (non-hydrogen) atoms. The van der Waals surface area contributed by atoms with Crippen molar-refractivity contribution in [2.75, 3.05) is 20.8 Å². The van der Waals surface area contributed by atoms with Crippen molar-refractivity contribution in [3.63, 3.8) is 0 Å². The van der Waals surface area contributed by atoms with E-state index in [0.717, 1.165) is 5.56 Å². The van der Waals surface area contributed by atoms with Crippen LogP contribution in [0.5, 0.6) is 11.5 Å². The Morgan fingerprint density at radius 1 is 1.30 bits per heavy atom. The quantitative estimate of drug-likeness (QED) is 0.842. The van der Waals surface area contributed by atoms with Gasteiger partial charge in [0.05, 0.1) is 26.4 Å². The third-order valence-electron chi connectivity index (χ3n) is 3.78. The number of nitrogens with one attached hydrogen (secondary N) is 1. The Morgan fingerprint density at radius 3 is 2.65 bits per heavy atom. The first-order valence-electron chi connectivity index (χ1n) is 7.41. The fourth-order valence-corrected chi connectivity index (χ4v) is 2.76. The molecule has 2 rings (SSSR count). The van der Waals surface area contributed by atoms with Gasteiger partial charge in [-0.15, -0.1) is 0 Å². The molecule has 1 unspecified atom stereocenters. The lowest BCUT2D eigenvalue weighted by Crippen LogP contribution is -2.34. The van der Waals surface area contributed by atoms with Crippen molar-refractivity contribution in [2.24, 2.45) is 0 Å². The first-order chi connectivity index (χ1) is 11.0. The minimum absolute atomic E-state index is 0.148. The van der Waals surface area contributed by atoms with Crippen LogP contribution in [0.2, 0.25) is 0 Å². The van der Waals surface area contributed by atoms with E-state index in [4.69, 9.17) is 14.2 Å². The van der Waals surface area contributed by atoms with Gasteiger partial charge in [0, 0.05) is 23.6 Å². The molecule has 6 heteroatoms. The maximum Gasteiger partial charge on any atom is 0.336 e. The lowest BCUT2D eigenvalue weighted by atomic mass is 9.84. The van der Waals surface area contributed by atoms with E-state index in [9.17, 15) is 9.59 Å². The number of ether oxygens (including phenoxy) is 3. The third-order valence-corrected chi connectivity index (χ3v) is 3.78. The fraction of sp³-hybridized carbons (Fsp3) is 0.412. The third kappa shape index (κ3) is 3.47. The maximum absolute atomic E-state index is 12.3. The fourth-order valence-electron chi connectivity index (χ4n) is 2.76. The Hall–Kier alpha value is -2.50. The minimum Gasteiger partial charge on any atom is -0.497 e. The number of esters is 1. The van der Waals surface area contributed by atoms with E-state index in [1.54, 1.807) is 46.3 Å². The summed E-state index contributed by atoms with van der Waals surface area (Å²) in [4.78, 5) is 24.3. The molecular weight excluding hydrogens is 298 g/mol. The van der Waals surface area contributed by atoms with Gasteiger partial charge in [-0.2, -0.15) is 0 Å². The van der Waals surface area contributed by atoms with Crippen molar-refractivity contribution in [2.45, 2.75) is 26.2 Å². The molecule has 1 amide bonds. The molecule has 0 saturated carbocycles. The molecule has 1 aromatic carbocycles. The average molecular weight is 319 g/mol. The van der Waals surface area contributed by atoms with Gasteiger partial charge >= 0.3 is 5.97 Å². The van der Waals surface area contributed by atoms with Gasteiger partial charge in [-0.05, 0) is 32.0 Å². The molecule has 6 nitrogen and oxygen atoms in total. The van der Waals surface area contributed by atoms with E-state index in [-0.39, 0.29) is 18.9 Å². The molecule has 0 fully saturated rings. The summed E-state index contributed by atoms with van der Waals surface area (Å²) in [5, 5.41) is 2.70. The van der Waals surface area contributed by atoms with E-state index in [0.29, 0.717) is 22.8 Å². The summed E-state index contributed by atoms with van der Waals surface area (Å²) in [7, 11) is 3.11. The predicted molar refractivity (Wildman–Crippen MR) is 84.4 cm³/mol. The van der Waals surface area contributed by atoms with E-state index >= 15 is 0 Å². The molecule has 1 aliphatic rings. The average Bonchev–Trinajstić information content (AvgIpc) is 2.53. The van der Waals surface area contributed by atoms with Gasteiger partial charge in [-0.1, -0.05) is 0 Å². The molecule has 0 radical (unpaired) electrons. The van der Waals surface area contributed by atoms with Gasteiger partial charge in [-0.3, -0.25) is 4.79 Å². The van der Waals surface area contributed by atoms with Gasteiger partial charge in [0.25, 0.3) is 0 Å². The van der Waals surface area contributed by atoms with Gasteiger partial charge in [0.2, 0.25) is 5.91 Å². The zero-order valence-electron chi connectivity index (χ0n) is 13.8. The number of carbonyl (C=O) groups is 2. The Bertz CT molecular complexity index is 650. The Labute approximate surface area is 135 Å². The smallest absolute Gasteiger partial charge is 0.336 e. The highest BCUT2D eigenvalue weighted by molar-refractivity contribution is 5.96. The monoisotopic (exact) mass is 319 g/mol. The Kier molecular flexibility index (Phi) is 5.26. The van der Waals surface area contributed by atoms with Gasteiger partial charge in [0.1, 0.15) is 11.5 Å². The van der Waals surface area contributed by atoms with Crippen molar-refractivity contribution in [1.29, 1.82) is 0 Å². The molecule has 0 bridgehead atoms. The molecule has 0 aromatic heterocycles. The van der Waals surface area contributed by atoms with Crippen LogP contribution in [-0.4, -0.2) is 32.7 Å². The summed E-state index contributed by atoms with van der Waals surface area (Å²) in [6, 6.07) is 5.32. The highest BCUT2D eigenvalue weighted by Gasteiger charge is 2.34. The number of hydrogen-bond acceptors (Lipinski definition) is 5. The van der Waals surface area contributed by atoms with Crippen molar-refractivity contribution in [3.8, 4) is 11.5 Å². The number of hydrogen-bond donors (Lipinski definition) is 1. The number of allylic oxidation sites excluding steroid dienone is 1. The van der Waals surface area contributed by atoms with Crippen LogP contribution < -0.4 is 14.8 Å². The standard InChI is InChI=1S/C17H21NO5/c1-5-23-17(20)16-10(2)18-15(19)9-13(16)12-8-11(21-3)6-7-14(12)22-4/h6-8,13H,5,9H2,1-4H3,(H,18,19). The second kappa shape index (κ2) is 7.17. The van der Waals surface area contributed by atoms with Crippen LogP contribution in [0, 0.1) is 0 Å². The summed E-state index contributed by atoms with van der Waals surface area (Å²) >= 11 is 0. The van der Waals surface area contributed by atoms with Crippen LogP contribution >= 0.6 is 0 Å². The first-order valence-corrected chi connectivity index (χ1v) is 7.41. The Balaban J connectivity index is 2.56. The van der Waals surface area contributed by atoms with Crippen molar-refractivity contribution < 1.29 is 23.8 Å². The van der Waals surface area contributed by atoms with Crippen LogP contribution in [-0.2, 0) is 14.3 Å². The zero-order valence-corrected chi connectivity index (χ0v) is 13.8. The second-order valence-corrected chi connectivity index (χ2v) is 5.17. The Morgan fingerprint density at radius 2 is 2.04 bits per heavy atom. The summed E-state index contributed by atoms with van der Waals surface area (Å²) in [6.45, 7) is 3.71. The van der Waals surface area contributed by atoms with E-state index in [1.165, 1.54) is 0 Å². The minimum atomic E-state index is -0.437. The number of methoxy groups -OCH3 is 2.